The average molecular weight is 227 g/mol. The van der Waals surface area contributed by atoms with Gasteiger partial charge in [0.25, 0.3) is 5.91 Å². The Morgan fingerprint density at radius 1 is 1.60 bits per heavy atom. The molecule has 0 saturated heterocycles. The van der Waals surface area contributed by atoms with Crippen LogP contribution in [0.15, 0.2) is 11.1 Å². The molecule has 1 fully saturated rings. The molecule has 0 spiro atoms. The molecule has 1 atom stereocenters. The maximum absolute atomic E-state index is 11.0. The van der Waals surface area contributed by atoms with Crippen LogP contribution in [0, 0.1) is 5.92 Å². The lowest BCUT2D eigenvalue weighted by atomic mass is 10.0. The fourth-order valence-corrected chi connectivity index (χ4v) is 3.36. The highest BCUT2D eigenvalue weighted by Gasteiger charge is 2.36. The van der Waals surface area contributed by atoms with E-state index in [9.17, 15) is 4.79 Å². The molecule has 5 N–H and O–H groups in total. The van der Waals surface area contributed by atoms with E-state index in [-0.39, 0.29) is 0 Å². The number of nitrogens with two attached hydrogens (primary N) is 2. The monoisotopic (exact) mass is 227 g/mol. The highest BCUT2D eigenvalue weighted by Crippen LogP contribution is 2.39. The van der Waals surface area contributed by atoms with Crippen LogP contribution < -0.4 is 16.8 Å². The molecule has 1 heterocycles. The van der Waals surface area contributed by atoms with Crippen molar-refractivity contribution in [3.8, 4) is 0 Å². The molecule has 1 amide bonds. The molecule has 1 aliphatic carbocycles. The maximum Gasteiger partial charge on any atom is 0.256 e. The summed E-state index contributed by atoms with van der Waals surface area (Å²) in [6.45, 7) is 0. The van der Waals surface area contributed by atoms with Crippen LogP contribution in [0.3, 0.4) is 0 Å². The van der Waals surface area contributed by atoms with E-state index in [4.69, 9.17) is 11.5 Å². The predicted octanol–water partition coefficient (Wildman–Crippen LogP) is 0.842. The Morgan fingerprint density at radius 2 is 2.27 bits per heavy atom. The van der Waals surface area contributed by atoms with Crippen molar-refractivity contribution in [2.24, 2.45) is 17.4 Å². The Balaban J connectivity index is 1.90. The third kappa shape index (κ3) is 2.46. The lowest BCUT2D eigenvalue weighted by molar-refractivity contribution is -0.113. The van der Waals surface area contributed by atoms with E-state index >= 15 is 0 Å². The van der Waals surface area contributed by atoms with Crippen LogP contribution >= 0.6 is 11.8 Å². The quantitative estimate of drug-likeness (QED) is 0.667. The smallest absolute Gasteiger partial charge is 0.256 e. The predicted molar refractivity (Wildman–Crippen MR) is 61.5 cm³/mol. The molecule has 0 radical (unpaired) electrons. The summed E-state index contributed by atoms with van der Waals surface area (Å²) in [7, 11) is 0. The van der Waals surface area contributed by atoms with E-state index in [2.05, 4.69) is 5.32 Å². The van der Waals surface area contributed by atoms with Gasteiger partial charge in [0.15, 0.2) is 0 Å². The molecule has 0 aromatic rings. The van der Waals surface area contributed by atoms with Crippen LogP contribution in [0.1, 0.15) is 32.1 Å². The lowest BCUT2D eigenvalue weighted by Crippen LogP contribution is -2.46. The molecule has 84 valence electrons. The van der Waals surface area contributed by atoms with Gasteiger partial charge in [0, 0.05) is 6.20 Å². The normalized spacial score (nSPS) is 31.4. The van der Waals surface area contributed by atoms with Gasteiger partial charge in [0.1, 0.15) is 4.99 Å². The first-order chi connectivity index (χ1) is 7.09. The number of thioether (sulfide) groups is 1. The number of nitrogens with one attached hydrogen (secondary N) is 1. The Hall–Kier alpha value is -0.680. The van der Waals surface area contributed by atoms with Crippen LogP contribution in [0.2, 0.25) is 0 Å². The van der Waals surface area contributed by atoms with Gasteiger partial charge in [0.05, 0.1) is 4.91 Å². The Kier molecular flexibility index (Phi) is 2.93. The van der Waals surface area contributed by atoms with Gasteiger partial charge in [-0.3, -0.25) is 10.5 Å². The number of hydrogen-bond acceptors (Lipinski definition) is 4. The van der Waals surface area contributed by atoms with Crippen molar-refractivity contribution in [1.82, 2.24) is 5.32 Å². The van der Waals surface area contributed by atoms with Crippen molar-refractivity contribution in [1.29, 1.82) is 0 Å². The van der Waals surface area contributed by atoms with Gasteiger partial charge in [-0.2, -0.15) is 0 Å². The van der Waals surface area contributed by atoms with E-state index < -0.39 is 10.9 Å². The fourth-order valence-electron chi connectivity index (χ4n) is 2.31. The van der Waals surface area contributed by atoms with Gasteiger partial charge >= 0.3 is 0 Å². The highest BCUT2D eigenvalue weighted by atomic mass is 32.2. The average Bonchev–Trinajstić information content (AvgIpc) is 2.75. The van der Waals surface area contributed by atoms with Gasteiger partial charge in [-0.15, -0.1) is 0 Å². The second-order valence-electron chi connectivity index (χ2n) is 4.36. The summed E-state index contributed by atoms with van der Waals surface area (Å²) >= 11 is 1.36. The van der Waals surface area contributed by atoms with Gasteiger partial charge in [0.2, 0.25) is 0 Å². The van der Waals surface area contributed by atoms with Gasteiger partial charge in [-0.25, -0.2) is 0 Å². The standard InChI is InChI=1S/C10H17N3OS/c11-9(14)8-6-13-10(12,15-8)5-7-3-1-2-4-7/h6-7,13H,1-5,12H2,(H2,11,14). The molecule has 2 aliphatic rings. The molecule has 2 rings (SSSR count). The number of hydrogen-bond donors (Lipinski definition) is 3. The molecule has 1 saturated carbocycles. The molecule has 4 nitrogen and oxygen atoms in total. The van der Waals surface area contributed by atoms with Crippen molar-refractivity contribution in [3.63, 3.8) is 0 Å². The van der Waals surface area contributed by atoms with E-state index in [1.165, 1.54) is 37.4 Å². The van der Waals surface area contributed by atoms with Gasteiger partial charge < -0.3 is 11.1 Å². The summed E-state index contributed by atoms with van der Waals surface area (Å²) in [6.07, 6.45) is 7.68. The number of rotatable bonds is 3. The zero-order valence-electron chi connectivity index (χ0n) is 8.66. The summed E-state index contributed by atoms with van der Waals surface area (Å²) in [6, 6.07) is 0. The Bertz CT molecular complexity index is 299. The van der Waals surface area contributed by atoms with Crippen molar-refractivity contribution < 1.29 is 4.79 Å². The SMILES string of the molecule is NC(=O)C1=CNC(N)(CC2CCCC2)S1. The topological polar surface area (TPSA) is 81.1 Å². The number of amides is 1. The van der Waals surface area contributed by atoms with Crippen LogP contribution in [0.25, 0.3) is 0 Å². The van der Waals surface area contributed by atoms with Gasteiger partial charge in [-0.05, 0) is 12.3 Å². The summed E-state index contributed by atoms with van der Waals surface area (Å²) in [5.74, 6) is 0.293. The highest BCUT2D eigenvalue weighted by molar-refractivity contribution is 8.05. The molecular weight excluding hydrogens is 210 g/mol. The Morgan fingerprint density at radius 3 is 2.80 bits per heavy atom. The van der Waals surface area contributed by atoms with Crippen LogP contribution in [-0.4, -0.2) is 10.9 Å². The van der Waals surface area contributed by atoms with E-state index in [0.717, 1.165) is 6.42 Å². The van der Waals surface area contributed by atoms with E-state index in [1.54, 1.807) is 6.20 Å². The summed E-state index contributed by atoms with van der Waals surface area (Å²) in [4.78, 5) is 11.0. The minimum atomic E-state index is -0.515. The molecule has 0 aromatic carbocycles. The van der Waals surface area contributed by atoms with Crippen LogP contribution in [0.5, 0.6) is 0 Å². The summed E-state index contributed by atoms with van der Waals surface area (Å²) < 4.78 is 0. The fraction of sp³-hybridized carbons (Fsp3) is 0.700. The molecule has 1 aliphatic heterocycles. The number of carbonyl (C=O) groups is 1. The minimum Gasteiger partial charge on any atom is -0.365 e. The third-order valence-electron chi connectivity index (χ3n) is 3.05. The van der Waals surface area contributed by atoms with E-state index in [0.29, 0.717) is 10.8 Å². The largest absolute Gasteiger partial charge is 0.365 e. The van der Waals surface area contributed by atoms with Crippen molar-refractivity contribution >= 4 is 17.7 Å². The first kappa shape index (κ1) is 10.8. The van der Waals surface area contributed by atoms with Crippen LogP contribution in [0.4, 0.5) is 0 Å². The second kappa shape index (κ2) is 4.06. The third-order valence-corrected chi connectivity index (χ3v) is 4.24. The number of primary amides is 1. The molecule has 15 heavy (non-hydrogen) atoms. The first-order valence-electron chi connectivity index (χ1n) is 5.35. The molecule has 5 heteroatoms. The molecular formula is C10H17N3OS. The maximum atomic E-state index is 11.0. The van der Waals surface area contributed by atoms with E-state index in [1.807, 2.05) is 0 Å². The summed E-state index contributed by atoms with van der Waals surface area (Å²) in [5.41, 5.74) is 11.4. The summed E-state index contributed by atoms with van der Waals surface area (Å²) in [5, 5.41) is 3.07. The van der Waals surface area contributed by atoms with Crippen molar-refractivity contribution in [2.75, 3.05) is 0 Å². The Labute approximate surface area is 93.8 Å². The number of carbonyl (C=O) groups excluding carboxylic acids is 1. The van der Waals surface area contributed by atoms with Crippen molar-refractivity contribution in [3.05, 3.63) is 11.1 Å². The molecule has 0 bridgehead atoms. The van der Waals surface area contributed by atoms with Crippen molar-refractivity contribution in [2.45, 2.75) is 37.1 Å². The first-order valence-corrected chi connectivity index (χ1v) is 6.16. The zero-order valence-corrected chi connectivity index (χ0v) is 9.48. The molecule has 0 aromatic heterocycles. The lowest BCUT2D eigenvalue weighted by Gasteiger charge is -2.27. The second-order valence-corrected chi connectivity index (χ2v) is 5.74. The molecule has 1 unspecified atom stereocenters. The van der Waals surface area contributed by atoms with Gasteiger partial charge in [-0.1, -0.05) is 37.4 Å². The van der Waals surface area contributed by atoms with Crippen LogP contribution in [-0.2, 0) is 4.79 Å². The minimum absolute atomic E-state index is 0.397. The zero-order chi connectivity index (χ0) is 10.9.